The largest absolute Gasteiger partial charge is 0.388 e. The Morgan fingerprint density at radius 1 is 1.06 bits per heavy atom. The molecule has 1 heterocycles. The number of rotatable bonds is 2. The number of nitrogens with one attached hydrogen (secondary N) is 2. The van der Waals surface area contributed by atoms with E-state index in [0.717, 1.165) is 28.1 Å². The second-order valence-corrected chi connectivity index (χ2v) is 3.93. The van der Waals surface area contributed by atoms with Crippen LogP contribution in [0.3, 0.4) is 0 Å². The first kappa shape index (κ1) is 9.90. The van der Waals surface area contributed by atoms with Gasteiger partial charge in [-0.05, 0) is 18.2 Å². The first-order valence-electron chi connectivity index (χ1n) is 5.60. The lowest BCUT2D eigenvalue weighted by atomic mass is 10.2. The number of hydrogen-bond donors (Lipinski definition) is 2. The fourth-order valence-corrected chi connectivity index (χ4v) is 1.90. The molecule has 0 aliphatic heterocycles. The van der Waals surface area contributed by atoms with E-state index in [1.165, 1.54) is 0 Å². The molecule has 3 aromatic rings. The fourth-order valence-electron chi connectivity index (χ4n) is 1.90. The normalized spacial score (nSPS) is 10.6. The van der Waals surface area contributed by atoms with E-state index in [0.29, 0.717) is 0 Å². The first-order valence-corrected chi connectivity index (χ1v) is 5.60. The van der Waals surface area contributed by atoms with E-state index in [1.807, 2.05) is 37.4 Å². The minimum atomic E-state index is 0.911. The van der Waals surface area contributed by atoms with E-state index in [-0.39, 0.29) is 0 Å². The van der Waals surface area contributed by atoms with Crippen LogP contribution in [-0.4, -0.2) is 17.0 Å². The fraction of sp³-hybridized carbons (Fsp3) is 0.0714. The second kappa shape index (κ2) is 3.94. The van der Waals surface area contributed by atoms with Crippen molar-refractivity contribution in [2.45, 2.75) is 0 Å². The Morgan fingerprint density at radius 2 is 1.88 bits per heavy atom. The maximum Gasteiger partial charge on any atom is 0.138 e. The summed E-state index contributed by atoms with van der Waals surface area (Å²) in [5.74, 6) is 0.911. The molecule has 0 unspecified atom stereocenters. The lowest BCUT2D eigenvalue weighted by Gasteiger charge is -1.97. The van der Waals surface area contributed by atoms with Gasteiger partial charge in [-0.15, -0.1) is 0 Å². The summed E-state index contributed by atoms with van der Waals surface area (Å²) in [5, 5.41) is 3.12. The Kier molecular flexibility index (Phi) is 2.29. The van der Waals surface area contributed by atoms with Gasteiger partial charge in [0.25, 0.3) is 0 Å². The van der Waals surface area contributed by atoms with E-state index in [9.17, 15) is 0 Å². The van der Waals surface area contributed by atoms with Gasteiger partial charge in [0.1, 0.15) is 5.82 Å². The molecule has 3 nitrogen and oxygen atoms in total. The molecule has 0 aliphatic carbocycles. The number of H-pyrrole nitrogens is 1. The number of hydrogen-bond acceptors (Lipinski definition) is 2. The third-order valence-corrected chi connectivity index (χ3v) is 2.82. The number of fused-ring (bicyclic) bond motifs is 1. The third-order valence-electron chi connectivity index (χ3n) is 2.82. The quantitative estimate of drug-likeness (QED) is 0.700. The van der Waals surface area contributed by atoms with Crippen LogP contribution in [0, 0.1) is 0 Å². The van der Waals surface area contributed by atoms with Crippen LogP contribution in [0.5, 0.6) is 0 Å². The minimum absolute atomic E-state index is 0.911. The van der Waals surface area contributed by atoms with E-state index in [1.54, 1.807) is 0 Å². The number of benzene rings is 2. The predicted octanol–water partition coefficient (Wildman–Crippen LogP) is 3.27. The number of aromatic amines is 1. The zero-order chi connectivity index (χ0) is 11.7. The van der Waals surface area contributed by atoms with Crippen molar-refractivity contribution in [2.24, 2.45) is 0 Å². The first-order chi connectivity index (χ1) is 8.36. The smallest absolute Gasteiger partial charge is 0.138 e. The van der Waals surface area contributed by atoms with Crippen molar-refractivity contribution in [3.63, 3.8) is 0 Å². The van der Waals surface area contributed by atoms with Gasteiger partial charge in [-0.3, -0.25) is 0 Å². The summed E-state index contributed by atoms with van der Waals surface area (Å²) < 4.78 is 0. The monoisotopic (exact) mass is 223 g/mol. The minimum Gasteiger partial charge on any atom is -0.388 e. The SMILES string of the molecule is CNc1ccc2nc(-c3ccccc3)[nH]c2c1. The zero-order valence-electron chi connectivity index (χ0n) is 9.57. The number of anilines is 1. The van der Waals surface area contributed by atoms with Gasteiger partial charge in [-0.1, -0.05) is 30.3 Å². The average Bonchev–Trinajstić information content (AvgIpc) is 2.82. The van der Waals surface area contributed by atoms with Crippen LogP contribution >= 0.6 is 0 Å². The van der Waals surface area contributed by atoms with Gasteiger partial charge in [0, 0.05) is 18.3 Å². The summed E-state index contributed by atoms with van der Waals surface area (Å²) in [7, 11) is 1.91. The highest BCUT2D eigenvalue weighted by atomic mass is 14.9. The molecule has 3 heteroatoms. The van der Waals surface area contributed by atoms with Gasteiger partial charge in [0.05, 0.1) is 11.0 Å². The van der Waals surface area contributed by atoms with Crippen LogP contribution in [0.1, 0.15) is 0 Å². The van der Waals surface area contributed by atoms with Crippen molar-refractivity contribution in [2.75, 3.05) is 12.4 Å². The molecule has 0 fully saturated rings. The molecule has 0 aliphatic rings. The lowest BCUT2D eigenvalue weighted by molar-refractivity contribution is 1.34. The second-order valence-electron chi connectivity index (χ2n) is 3.93. The van der Waals surface area contributed by atoms with Crippen molar-refractivity contribution < 1.29 is 0 Å². The molecule has 3 rings (SSSR count). The van der Waals surface area contributed by atoms with Gasteiger partial charge >= 0.3 is 0 Å². The maximum absolute atomic E-state index is 4.58. The van der Waals surface area contributed by atoms with E-state index in [2.05, 4.69) is 33.5 Å². The summed E-state index contributed by atoms with van der Waals surface area (Å²) in [4.78, 5) is 7.91. The van der Waals surface area contributed by atoms with Crippen molar-refractivity contribution in [3.05, 3.63) is 48.5 Å². The standard InChI is InChI=1S/C14H13N3/c1-15-11-7-8-12-13(9-11)17-14(16-12)10-5-3-2-4-6-10/h2-9,15H,1H3,(H,16,17). The number of aromatic nitrogens is 2. The van der Waals surface area contributed by atoms with E-state index in [4.69, 9.17) is 0 Å². The van der Waals surface area contributed by atoms with Crippen LogP contribution in [0.15, 0.2) is 48.5 Å². The van der Waals surface area contributed by atoms with Crippen LogP contribution in [-0.2, 0) is 0 Å². The summed E-state index contributed by atoms with van der Waals surface area (Å²) in [6.07, 6.45) is 0. The van der Waals surface area contributed by atoms with Gasteiger partial charge in [0.15, 0.2) is 0 Å². The van der Waals surface area contributed by atoms with Gasteiger partial charge in [-0.25, -0.2) is 4.98 Å². The molecule has 2 aromatic carbocycles. The van der Waals surface area contributed by atoms with Crippen LogP contribution < -0.4 is 5.32 Å². The molecule has 0 spiro atoms. The van der Waals surface area contributed by atoms with Crippen molar-refractivity contribution in [1.82, 2.24) is 9.97 Å². The highest BCUT2D eigenvalue weighted by molar-refractivity contribution is 5.82. The number of imidazole rings is 1. The summed E-state index contributed by atoms with van der Waals surface area (Å²) in [6.45, 7) is 0. The van der Waals surface area contributed by atoms with Gasteiger partial charge in [-0.2, -0.15) is 0 Å². The van der Waals surface area contributed by atoms with Crippen molar-refractivity contribution >= 4 is 16.7 Å². The summed E-state index contributed by atoms with van der Waals surface area (Å²) in [5.41, 5.74) is 4.23. The average molecular weight is 223 g/mol. The molecular weight excluding hydrogens is 210 g/mol. The summed E-state index contributed by atoms with van der Waals surface area (Å²) >= 11 is 0. The predicted molar refractivity (Wildman–Crippen MR) is 71.1 cm³/mol. The molecule has 0 atom stereocenters. The zero-order valence-corrected chi connectivity index (χ0v) is 9.57. The van der Waals surface area contributed by atoms with Crippen LogP contribution in [0.25, 0.3) is 22.4 Å². The number of nitrogens with zero attached hydrogens (tertiary/aromatic N) is 1. The topological polar surface area (TPSA) is 40.7 Å². The maximum atomic E-state index is 4.58. The van der Waals surface area contributed by atoms with Crippen molar-refractivity contribution in [3.8, 4) is 11.4 Å². The highest BCUT2D eigenvalue weighted by Gasteiger charge is 2.04. The Labute approximate surface area is 99.5 Å². The van der Waals surface area contributed by atoms with Crippen LogP contribution in [0.4, 0.5) is 5.69 Å². The molecule has 0 amide bonds. The molecule has 0 saturated heterocycles. The molecule has 17 heavy (non-hydrogen) atoms. The Morgan fingerprint density at radius 3 is 2.65 bits per heavy atom. The van der Waals surface area contributed by atoms with Gasteiger partial charge in [0.2, 0.25) is 0 Å². The molecule has 2 N–H and O–H groups in total. The summed E-state index contributed by atoms with van der Waals surface area (Å²) in [6, 6.07) is 16.2. The van der Waals surface area contributed by atoms with E-state index >= 15 is 0 Å². The molecule has 0 saturated carbocycles. The molecule has 0 bridgehead atoms. The Hall–Kier alpha value is -2.29. The van der Waals surface area contributed by atoms with E-state index < -0.39 is 0 Å². The Bertz CT molecular complexity index is 641. The molecular formula is C14H13N3. The van der Waals surface area contributed by atoms with Crippen molar-refractivity contribution in [1.29, 1.82) is 0 Å². The molecule has 1 aromatic heterocycles. The lowest BCUT2D eigenvalue weighted by Crippen LogP contribution is -1.86. The van der Waals surface area contributed by atoms with Gasteiger partial charge < -0.3 is 10.3 Å². The molecule has 0 radical (unpaired) electrons. The third kappa shape index (κ3) is 1.76. The molecule has 84 valence electrons. The van der Waals surface area contributed by atoms with Crippen LogP contribution in [0.2, 0.25) is 0 Å². The Balaban J connectivity index is 2.14. The highest BCUT2D eigenvalue weighted by Crippen LogP contribution is 2.22.